The van der Waals surface area contributed by atoms with Crippen molar-refractivity contribution in [3.8, 4) is 0 Å². The van der Waals surface area contributed by atoms with Gasteiger partial charge in [-0.15, -0.1) is 0 Å². The third-order valence-corrected chi connectivity index (χ3v) is 2.64. The van der Waals surface area contributed by atoms with E-state index in [0.29, 0.717) is 5.39 Å². The number of rotatable bonds is 3. The van der Waals surface area contributed by atoms with Gasteiger partial charge in [0.1, 0.15) is 18.7 Å². The molecule has 0 bridgehead atoms. The van der Waals surface area contributed by atoms with Gasteiger partial charge in [-0.25, -0.2) is 14.8 Å². The average Bonchev–Trinajstić information content (AvgIpc) is 2.35. The molecule has 0 saturated heterocycles. The van der Waals surface area contributed by atoms with Crippen molar-refractivity contribution in [2.24, 2.45) is 0 Å². The number of hydrogen-bond donors (Lipinski definition) is 1. The molecule has 0 saturated carbocycles. The van der Waals surface area contributed by atoms with E-state index in [1.54, 1.807) is 0 Å². The second-order valence-corrected chi connectivity index (χ2v) is 4.21. The Labute approximate surface area is 111 Å². The van der Waals surface area contributed by atoms with E-state index in [0.717, 1.165) is 11.2 Å². The van der Waals surface area contributed by atoms with Gasteiger partial charge in [-0.3, -0.25) is 0 Å². The quantitative estimate of drug-likeness (QED) is 0.937. The van der Waals surface area contributed by atoms with Crippen LogP contribution in [-0.4, -0.2) is 40.8 Å². The second kappa shape index (κ2) is 4.95. The maximum atomic E-state index is 12.4. The lowest BCUT2D eigenvalue weighted by Crippen LogP contribution is -2.31. The molecule has 1 aromatic heterocycles. The van der Waals surface area contributed by atoms with Gasteiger partial charge in [-0.1, -0.05) is 0 Å². The van der Waals surface area contributed by atoms with Crippen LogP contribution in [0.25, 0.3) is 10.9 Å². The molecule has 0 atom stereocenters. The molecule has 0 radical (unpaired) electrons. The van der Waals surface area contributed by atoms with E-state index < -0.39 is 18.7 Å². The summed E-state index contributed by atoms with van der Waals surface area (Å²) in [5.74, 6) is -1.03. The summed E-state index contributed by atoms with van der Waals surface area (Å²) in [6.07, 6.45) is -3.25. The Kier molecular flexibility index (Phi) is 3.47. The van der Waals surface area contributed by atoms with Crippen molar-refractivity contribution >= 4 is 22.7 Å². The number of fused-ring (bicyclic) bond motifs is 1. The van der Waals surface area contributed by atoms with Gasteiger partial charge < -0.3 is 10.0 Å². The average molecular weight is 285 g/mol. The fourth-order valence-electron chi connectivity index (χ4n) is 1.82. The van der Waals surface area contributed by atoms with Gasteiger partial charge in [0.15, 0.2) is 0 Å². The highest BCUT2D eigenvalue weighted by Crippen LogP contribution is 2.25. The molecule has 0 aliphatic heterocycles. The molecule has 0 amide bonds. The molecule has 0 fully saturated rings. The lowest BCUT2D eigenvalue weighted by molar-refractivity contribution is -0.119. The van der Waals surface area contributed by atoms with Crippen LogP contribution in [0.15, 0.2) is 24.5 Å². The van der Waals surface area contributed by atoms with Crippen molar-refractivity contribution in [3.63, 3.8) is 0 Å². The number of hydrogen-bond acceptors (Lipinski definition) is 4. The summed E-state index contributed by atoms with van der Waals surface area (Å²) < 4.78 is 37.2. The Bertz CT molecular complexity index is 658. The van der Waals surface area contributed by atoms with E-state index in [1.807, 2.05) is 0 Å². The SMILES string of the molecule is CN(CC(F)(F)F)c1ncnc2cc(C(=O)O)ccc12. The van der Waals surface area contributed by atoms with Gasteiger partial charge in [0.05, 0.1) is 11.1 Å². The van der Waals surface area contributed by atoms with Gasteiger partial charge in [-0.2, -0.15) is 13.2 Å². The normalized spacial score (nSPS) is 11.6. The Morgan fingerprint density at radius 2 is 2.05 bits per heavy atom. The molecular formula is C12H10F3N3O2. The standard InChI is InChI=1S/C12H10F3N3O2/c1-18(5-12(13,14)15)10-8-3-2-7(11(19)20)4-9(8)16-6-17-10/h2-4,6H,5H2,1H3,(H,19,20). The molecule has 8 heteroatoms. The zero-order chi connectivity index (χ0) is 14.9. The highest BCUT2D eigenvalue weighted by Gasteiger charge is 2.30. The Hall–Kier alpha value is -2.38. The molecule has 2 aromatic rings. The number of anilines is 1. The summed E-state index contributed by atoms with van der Waals surface area (Å²) >= 11 is 0. The van der Waals surface area contributed by atoms with Crippen LogP contribution in [0.5, 0.6) is 0 Å². The lowest BCUT2D eigenvalue weighted by Gasteiger charge is -2.20. The second-order valence-electron chi connectivity index (χ2n) is 4.21. The minimum absolute atomic E-state index is 0.0145. The zero-order valence-corrected chi connectivity index (χ0v) is 10.3. The summed E-state index contributed by atoms with van der Waals surface area (Å²) in [6, 6.07) is 4.00. The highest BCUT2D eigenvalue weighted by molar-refractivity contribution is 5.96. The topological polar surface area (TPSA) is 66.3 Å². The number of aromatic carboxylic acids is 1. The van der Waals surface area contributed by atoms with Crippen molar-refractivity contribution in [2.45, 2.75) is 6.18 Å². The fourth-order valence-corrected chi connectivity index (χ4v) is 1.82. The van der Waals surface area contributed by atoms with Gasteiger partial charge in [0.25, 0.3) is 0 Å². The Morgan fingerprint density at radius 3 is 2.65 bits per heavy atom. The van der Waals surface area contributed by atoms with Crippen LogP contribution >= 0.6 is 0 Å². The maximum Gasteiger partial charge on any atom is 0.405 e. The van der Waals surface area contributed by atoms with Crippen LogP contribution in [0.2, 0.25) is 0 Å². The number of nitrogens with zero attached hydrogens (tertiary/aromatic N) is 3. The molecule has 1 N–H and O–H groups in total. The monoisotopic (exact) mass is 285 g/mol. The predicted molar refractivity (Wildman–Crippen MR) is 65.8 cm³/mol. The first kappa shape index (κ1) is 14.0. The molecule has 1 heterocycles. The first-order chi connectivity index (χ1) is 9.28. The van der Waals surface area contributed by atoms with Crippen LogP contribution in [0.4, 0.5) is 19.0 Å². The number of halogens is 3. The first-order valence-electron chi connectivity index (χ1n) is 5.54. The van der Waals surface area contributed by atoms with E-state index in [9.17, 15) is 18.0 Å². The molecule has 1 aromatic carbocycles. The molecule has 0 aliphatic rings. The molecule has 5 nitrogen and oxygen atoms in total. The lowest BCUT2D eigenvalue weighted by atomic mass is 10.1. The van der Waals surface area contributed by atoms with E-state index in [2.05, 4.69) is 9.97 Å². The minimum Gasteiger partial charge on any atom is -0.478 e. The summed E-state index contributed by atoms with van der Waals surface area (Å²) in [7, 11) is 1.26. The highest BCUT2D eigenvalue weighted by atomic mass is 19.4. The number of benzene rings is 1. The number of aromatic nitrogens is 2. The minimum atomic E-state index is -4.35. The van der Waals surface area contributed by atoms with E-state index in [1.165, 1.54) is 25.2 Å². The van der Waals surface area contributed by atoms with Crippen LogP contribution in [-0.2, 0) is 0 Å². The third kappa shape index (κ3) is 2.95. The van der Waals surface area contributed by atoms with E-state index in [-0.39, 0.29) is 16.9 Å². The van der Waals surface area contributed by atoms with Gasteiger partial charge in [0, 0.05) is 12.4 Å². The fraction of sp³-hybridized carbons (Fsp3) is 0.250. The molecule has 0 aliphatic carbocycles. The van der Waals surface area contributed by atoms with Crippen LogP contribution < -0.4 is 4.90 Å². The van der Waals surface area contributed by atoms with Crippen LogP contribution in [0.3, 0.4) is 0 Å². The number of carboxylic acids is 1. The summed E-state index contributed by atoms with van der Waals surface area (Å²) in [6.45, 7) is -1.15. The summed E-state index contributed by atoms with van der Waals surface area (Å²) in [5, 5.41) is 9.24. The van der Waals surface area contributed by atoms with Crippen LogP contribution in [0.1, 0.15) is 10.4 Å². The Morgan fingerprint density at radius 1 is 1.35 bits per heavy atom. The van der Waals surface area contributed by atoms with Crippen molar-refractivity contribution < 1.29 is 23.1 Å². The smallest absolute Gasteiger partial charge is 0.405 e. The van der Waals surface area contributed by atoms with Gasteiger partial charge >= 0.3 is 12.1 Å². The molecule has 2 rings (SSSR count). The molecule has 0 unspecified atom stereocenters. The van der Waals surface area contributed by atoms with E-state index in [4.69, 9.17) is 5.11 Å². The van der Waals surface area contributed by atoms with Crippen molar-refractivity contribution in [1.82, 2.24) is 9.97 Å². The maximum absolute atomic E-state index is 12.4. The molecule has 20 heavy (non-hydrogen) atoms. The van der Waals surface area contributed by atoms with Crippen molar-refractivity contribution in [3.05, 3.63) is 30.1 Å². The number of alkyl halides is 3. The van der Waals surface area contributed by atoms with Crippen molar-refractivity contribution in [2.75, 3.05) is 18.5 Å². The van der Waals surface area contributed by atoms with Crippen LogP contribution in [0, 0.1) is 0 Å². The number of carboxylic acid groups (broad SMARTS) is 1. The largest absolute Gasteiger partial charge is 0.478 e. The summed E-state index contributed by atoms with van der Waals surface area (Å²) in [4.78, 5) is 19.5. The van der Waals surface area contributed by atoms with E-state index >= 15 is 0 Å². The molecule has 0 spiro atoms. The number of carbonyl (C=O) groups is 1. The van der Waals surface area contributed by atoms with Crippen molar-refractivity contribution in [1.29, 1.82) is 0 Å². The zero-order valence-electron chi connectivity index (χ0n) is 10.3. The van der Waals surface area contributed by atoms with Gasteiger partial charge in [0.2, 0.25) is 0 Å². The molecular weight excluding hydrogens is 275 g/mol. The predicted octanol–water partition coefficient (Wildman–Crippen LogP) is 2.33. The third-order valence-electron chi connectivity index (χ3n) is 2.64. The Balaban J connectivity index is 2.47. The molecule has 106 valence electrons. The first-order valence-corrected chi connectivity index (χ1v) is 5.54. The van der Waals surface area contributed by atoms with Gasteiger partial charge in [-0.05, 0) is 18.2 Å². The summed E-state index contributed by atoms with van der Waals surface area (Å²) in [5.41, 5.74) is 0.296.